The Morgan fingerprint density at radius 3 is 2.30 bits per heavy atom. The molecule has 2 heterocycles. The van der Waals surface area contributed by atoms with E-state index in [0.29, 0.717) is 44.0 Å². The van der Waals surface area contributed by atoms with E-state index in [0.717, 1.165) is 31.4 Å². The van der Waals surface area contributed by atoms with Crippen LogP contribution in [0, 0.1) is 0 Å². The molecule has 1 aliphatic heterocycles. The molecule has 1 saturated heterocycles. The molecule has 4 rings (SSSR count). The molecule has 1 aliphatic carbocycles. The summed E-state index contributed by atoms with van der Waals surface area (Å²) in [6, 6.07) is 9.86. The highest BCUT2D eigenvalue weighted by Gasteiger charge is 2.31. The summed E-state index contributed by atoms with van der Waals surface area (Å²) in [5.74, 6) is 0.0392. The maximum Gasteiger partial charge on any atom is 0.354 e. The number of urea groups is 1. The molecule has 0 bridgehead atoms. The SMILES string of the molecule is CN(Cc1ccc(-n2ccc(NC(=O)N3CCN(C(=O)C(C)(C)N)CC3)nc2=O)cc1)[C@H]1CC[C@H](N)C1. The summed E-state index contributed by atoms with van der Waals surface area (Å²) in [7, 11) is 2.12. The van der Waals surface area contributed by atoms with Crippen LogP contribution in [0.3, 0.4) is 0 Å². The number of carbonyl (C=O) groups excluding carboxylic acids is 2. The molecule has 1 saturated carbocycles. The third-order valence-electron chi connectivity index (χ3n) is 7.16. The molecule has 11 nitrogen and oxygen atoms in total. The minimum absolute atomic E-state index is 0.142. The minimum atomic E-state index is -0.945. The van der Waals surface area contributed by atoms with E-state index in [1.807, 2.05) is 24.3 Å². The average molecular weight is 511 g/mol. The Labute approximate surface area is 217 Å². The molecule has 0 radical (unpaired) electrons. The number of amides is 3. The Kier molecular flexibility index (Phi) is 7.96. The Morgan fingerprint density at radius 2 is 1.73 bits per heavy atom. The second-order valence-electron chi connectivity index (χ2n) is 10.7. The third kappa shape index (κ3) is 6.54. The molecular formula is C26H38N8O3. The predicted octanol–water partition coefficient (Wildman–Crippen LogP) is 0.958. The third-order valence-corrected chi connectivity index (χ3v) is 7.16. The summed E-state index contributed by atoms with van der Waals surface area (Å²) in [6.45, 7) is 5.72. The van der Waals surface area contributed by atoms with Crippen LogP contribution >= 0.6 is 0 Å². The second kappa shape index (κ2) is 11.0. The first-order valence-electron chi connectivity index (χ1n) is 12.8. The predicted molar refractivity (Wildman–Crippen MR) is 142 cm³/mol. The number of hydrogen-bond acceptors (Lipinski definition) is 7. The largest absolute Gasteiger partial charge is 0.354 e. The maximum absolute atomic E-state index is 12.7. The first kappa shape index (κ1) is 26.8. The van der Waals surface area contributed by atoms with Crippen LogP contribution in [0.25, 0.3) is 5.69 Å². The second-order valence-corrected chi connectivity index (χ2v) is 10.7. The van der Waals surface area contributed by atoms with Crippen LogP contribution in [0.2, 0.25) is 0 Å². The number of aromatic nitrogens is 2. The van der Waals surface area contributed by atoms with Crippen molar-refractivity contribution < 1.29 is 9.59 Å². The summed E-state index contributed by atoms with van der Waals surface area (Å²) in [4.78, 5) is 47.3. The fraction of sp³-hybridized carbons (Fsp3) is 0.538. The molecule has 37 heavy (non-hydrogen) atoms. The molecule has 0 spiro atoms. The molecule has 200 valence electrons. The summed E-state index contributed by atoms with van der Waals surface area (Å²) in [6.07, 6.45) is 4.83. The van der Waals surface area contributed by atoms with Gasteiger partial charge in [0.1, 0.15) is 5.82 Å². The first-order valence-corrected chi connectivity index (χ1v) is 12.8. The zero-order valence-electron chi connectivity index (χ0n) is 21.9. The number of rotatable bonds is 6. The summed E-state index contributed by atoms with van der Waals surface area (Å²) in [5, 5.41) is 2.69. The lowest BCUT2D eigenvalue weighted by Gasteiger charge is -2.37. The number of nitrogens with zero attached hydrogens (tertiary/aromatic N) is 5. The Hall–Kier alpha value is -3.28. The summed E-state index contributed by atoms with van der Waals surface area (Å²) in [5.41, 5.74) is 12.4. The van der Waals surface area contributed by atoms with Crippen molar-refractivity contribution in [3.05, 3.63) is 52.6 Å². The van der Waals surface area contributed by atoms with E-state index in [1.54, 1.807) is 35.9 Å². The molecule has 2 fully saturated rings. The number of nitrogens with one attached hydrogen (secondary N) is 1. The molecule has 1 aromatic carbocycles. The van der Waals surface area contributed by atoms with Gasteiger partial charge in [-0.15, -0.1) is 0 Å². The molecule has 5 N–H and O–H groups in total. The van der Waals surface area contributed by atoms with Crippen LogP contribution in [0.15, 0.2) is 41.3 Å². The van der Waals surface area contributed by atoms with Crippen LogP contribution in [-0.4, -0.2) is 87.0 Å². The van der Waals surface area contributed by atoms with Crippen LogP contribution < -0.4 is 22.5 Å². The maximum atomic E-state index is 12.7. The van der Waals surface area contributed by atoms with Gasteiger partial charge in [0.2, 0.25) is 5.91 Å². The number of anilines is 1. The highest BCUT2D eigenvalue weighted by molar-refractivity contribution is 5.89. The van der Waals surface area contributed by atoms with Crippen molar-refractivity contribution >= 4 is 17.8 Å². The van der Waals surface area contributed by atoms with Gasteiger partial charge in [-0.05, 0) is 63.9 Å². The lowest BCUT2D eigenvalue weighted by atomic mass is 10.1. The molecule has 3 amide bonds. The van der Waals surface area contributed by atoms with Gasteiger partial charge in [-0.3, -0.25) is 19.6 Å². The number of hydrogen-bond donors (Lipinski definition) is 3. The quantitative estimate of drug-likeness (QED) is 0.525. The fourth-order valence-corrected chi connectivity index (χ4v) is 4.95. The molecule has 2 atom stereocenters. The first-order chi connectivity index (χ1) is 17.5. The van der Waals surface area contributed by atoms with Gasteiger partial charge in [0, 0.05) is 51.0 Å². The Morgan fingerprint density at radius 1 is 1.08 bits per heavy atom. The zero-order chi connectivity index (χ0) is 26.7. The van der Waals surface area contributed by atoms with Crippen LogP contribution in [-0.2, 0) is 11.3 Å². The Bertz CT molecular complexity index is 1170. The number of benzene rings is 1. The number of carbonyl (C=O) groups is 2. The highest BCUT2D eigenvalue weighted by Crippen LogP contribution is 2.23. The monoisotopic (exact) mass is 510 g/mol. The van der Waals surface area contributed by atoms with Crippen molar-refractivity contribution in [1.82, 2.24) is 24.3 Å². The van der Waals surface area contributed by atoms with E-state index >= 15 is 0 Å². The molecule has 11 heteroatoms. The van der Waals surface area contributed by atoms with Gasteiger partial charge in [0.25, 0.3) is 0 Å². The van der Waals surface area contributed by atoms with Crippen molar-refractivity contribution in [3.8, 4) is 5.69 Å². The molecular weight excluding hydrogens is 472 g/mol. The van der Waals surface area contributed by atoms with Gasteiger partial charge < -0.3 is 21.3 Å². The molecule has 2 aliphatic rings. The molecule has 1 aromatic heterocycles. The van der Waals surface area contributed by atoms with E-state index in [4.69, 9.17) is 11.5 Å². The summed E-state index contributed by atoms with van der Waals surface area (Å²) < 4.78 is 1.44. The van der Waals surface area contributed by atoms with Crippen molar-refractivity contribution in [2.24, 2.45) is 11.5 Å². The van der Waals surface area contributed by atoms with E-state index < -0.39 is 11.2 Å². The smallest absolute Gasteiger partial charge is 0.338 e. The van der Waals surface area contributed by atoms with E-state index in [-0.39, 0.29) is 17.8 Å². The highest BCUT2D eigenvalue weighted by atomic mass is 16.2. The fourth-order valence-electron chi connectivity index (χ4n) is 4.95. The van der Waals surface area contributed by atoms with Crippen molar-refractivity contribution in [2.45, 2.75) is 57.3 Å². The number of piperazine rings is 1. The van der Waals surface area contributed by atoms with Crippen molar-refractivity contribution in [2.75, 3.05) is 38.5 Å². The van der Waals surface area contributed by atoms with E-state index in [1.165, 1.54) is 4.57 Å². The Balaban J connectivity index is 1.32. The number of nitrogens with two attached hydrogens (primary N) is 2. The van der Waals surface area contributed by atoms with E-state index in [9.17, 15) is 14.4 Å². The normalized spacial score (nSPS) is 20.4. The molecule has 0 unspecified atom stereocenters. The van der Waals surface area contributed by atoms with Crippen molar-refractivity contribution in [3.63, 3.8) is 0 Å². The van der Waals surface area contributed by atoms with Crippen molar-refractivity contribution in [1.29, 1.82) is 0 Å². The van der Waals surface area contributed by atoms with Gasteiger partial charge in [-0.25, -0.2) is 9.59 Å². The summed E-state index contributed by atoms with van der Waals surface area (Å²) >= 11 is 0. The minimum Gasteiger partial charge on any atom is -0.338 e. The van der Waals surface area contributed by atoms with Gasteiger partial charge in [-0.2, -0.15) is 4.98 Å². The van der Waals surface area contributed by atoms with Gasteiger partial charge in [0.15, 0.2) is 0 Å². The average Bonchev–Trinajstić information content (AvgIpc) is 3.30. The molecule has 2 aromatic rings. The topological polar surface area (TPSA) is 143 Å². The van der Waals surface area contributed by atoms with Gasteiger partial charge in [-0.1, -0.05) is 12.1 Å². The lowest BCUT2D eigenvalue weighted by molar-refractivity contribution is -0.137. The van der Waals surface area contributed by atoms with Crippen LogP contribution in [0.1, 0.15) is 38.7 Å². The van der Waals surface area contributed by atoms with Crippen LogP contribution in [0.5, 0.6) is 0 Å². The zero-order valence-corrected chi connectivity index (χ0v) is 21.9. The van der Waals surface area contributed by atoms with E-state index in [2.05, 4.69) is 22.2 Å². The van der Waals surface area contributed by atoms with Gasteiger partial charge >= 0.3 is 11.7 Å². The van der Waals surface area contributed by atoms with Gasteiger partial charge in [0.05, 0.1) is 11.2 Å². The standard InChI is InChI=1S/C26H38N8O3/c1-26(2,28)23(35)32-12-14-33(15-13-32)24(36)29-22-10-11-34(25(37)30-22)20-7-4-18(5-8-20)17-31(3)21-9-6-19(27)16-21/h4-5,7-8,10-11,19,21H,6,9,12-17,27-28H2,1-3H3,(H,29,30,36,37)/t19-,21-/m0/s1. The lowest BCUT2D eigenvalue weighted by Crippen LogP contribution is -2.58. The van der Waals surface area contributed by atoms with Crippen LogP contribution in [0.4, 0.5) is 10.6 Å².